The van der Waals surface area contributed by atoms with Crippen molar-refractivity contribution in [3.05, 3.63) is 29.8 Å². The highest BCUT2D eigenvalue weighted by Gasteiger charge is 2.23. The molecule has 5 nitrogen and oxygen atoms in total. The number of thioether (sulfide) groups is 1. The average molecular weight is 322 g/mol. The van der Waals surface area contributed by atoms with E-state index in [2.05, 4.69) is 16.3 Å². The van der Waals surface area contributed by atoms with E-state index < -0.39 is 6.10 Å². The van der Waals surface area contributed by atoms with Gasteiger partial charge in [0.05, 0.1) is 19.8 Å². The molecule has 22 heavy (non-hydrogen) atoms. The van der Waals surface area contributed by atoms with Crippen LogP contribution >= 0.6 is 11.8 Å². The van der Waals surface area contributed by atoms with E-state index in [4.69, 9.17) is 9.47 Å². The molecule has 2 aliphatic heterocycles. The van der Waals surface area contributed by atoms with E-state index in [-0.39, 0.29) is 5.91 Å². The van der Waals surface area contributed by atoms with Gasteiger partial charge in [-0.1, -0.05) is 18.2 Å². The van der Waals surface area contributed by atoms with Crippen LogP contribution in [0.25, 0.3) is 0 Å². The van der Waals surface area contributed by atoms with Crippen LogP contribution in [-0.2, 0) is 20.8 Å². The first-order chi connectivity index (χ1) is 10.8. The van der Waals surface area contributed by atoms with Crippen molar-refractivity contribution in [1.29, 1.82) is 0 Å². The molecule has 1 N–H and O–H groups in total. The fourth-order valence-corrected chi connectivity index (χ4v) is 3.61. The maximum Gasteiger partial charge on any atom is 0.255 e. The number of rotatable bonds is 4. The van der Waals surface area contributed by atoms with E-state index in [1.165, 1.54) is 11.5 Å². The predicted molar refractivity (Wildman–Crippen MR) is 88.2 cm³/mol. The number of anilines is 1. The van der Waals surface area contributed by atoms with Crippen LogP contribution in [0.15, 0.2) is 24.3 Å². The molecule has 2 saturated heterocycles. The zero-order valence-electron chi connectivity index (χ0n) is 12.6. The highest BCUT2D eigenvalue weighted by Crippen LogP contribution is 2.20. The Morgan fingerprint density at radius 3 is 2.86 bits per heavy atom. The topological polar surface area (TPSA) is 50.8 Å². The van der Waals surface area contributed by atoms with E-state index in [1.807, 2.05) is 30.0 Å². The van der Waals surface area contributed by atoms with Gasteiger partial charge in [-0.15, -0.1) is 0 Å². The first-order valence-electron chi connectivity index (χ1n) is 7.71. The Kier molecular flexibility index (Phi) is 5.72. The summed E-state index contributed by atoms with van der Waals surface area (Å²) in [6.07, 6.45) is -0.506. The number of amides is 1. The molecule has 2 fully saturated rings. The molecule has 3 rings (SSSR count). The first kappa shape index (κ1) is 15.8. The molecule has 0 bridgehead atoms. The van der Waals surface area contributed by atoms with Gasteiger partial charge in [0.15, 0.2) is 6.10 Å². The van der Waals surface area contributed by atoms with Crippen molar-refractivity contribution in [3.8, 4) is 0 Å². The number of nitrogens with one attached hydrogen (secondary N) is 1. The van der Waals surface area contributed by atoms with Gasteiger partial charge in [0.2, 0.25) is 0 Å². The third kappa shape index (κ3) is 4.23. The number of hydrogen-bond donors (Lipinski definition) is 1. The van der Waals surface area contributed by atoms with Gasteiger partial charge in [-0.25, -0.2) is 0 Å². The largest absolute Gasteiger partial charge is 0.376 e. The lowest BCUT2D eigenvalue weighted by molar-refractivity contribution is -0.142. The van der Waals surface area contributed by atoms with E-state index in [0.29, 0.717) is 19.8 Å². The second-order valence-electron chi connectivity index (χ2n) is 5.47. The molecule has 2 heterocycles. The van der Waals surface area contributed by atoms with Crippen LogP contribution < -0.4 is 5.32 Å². The van der Waals surface area contributed by atoms with Crippen LogP contribution in [0.1, 0.15) is 5.56 Å². The van der Waals surface area contributed by atoms with E-state index >= 15 is 0 Å². The number of para-hydroxylation sites is 1. The van der Waals surface area contributed by atoms with Crippen molar-refractivity contribution in [3.63, 3.8) is 0 Å². The second-order valence-corrected chi connectivity index (χ2v) is 6.69. The Hall–Kier alpha value is -1.08. The molecule has 2 aliphatic rings. The summed E-state index contributed by atoms with van der Waals surface area (Å²) >= 11 is 2.00. The van der Waals surface area contributed by atoms with Gasteiger partial charge >= 0.3 is 0 Å². The van der Waals surface area contributed by atoms with Gasteiger partial charge in [0, 0.05) is 36.8 Å². The maximum atomic E-state index is 12.3. The minimum Gasteiger partial charge on any atom is -0.376 e. The van der Waals surface area contributed by atoms with Gasteiger partial charge in [-0.2, -0.15) is 11.8 Å². The van der Waals surface area contributed by atoms with Crippen LogP contribution in [0.5, 0.6) is 0 Å². The van der Waals surface area contributed by atoms with Gasteiger partial charge in [0.25, 0.3) is 5.91 Å². The quantitative estimate of drug-likeness (QED) is 0.912. The highest BCUT2D eigenvalue weighted by atomic mass is 32.2. The van der Waals surface area contributed by atoms with Crippen molar-refractivity contribution in [2.45, 2.75) is 12.6 Å². The van der Waals surface area contributed by atoms with E-state index in [1.54, 1.807) is 0 Å². The first-order valence-corrected chi connectivity index (χ1v) is 8.86. The molecule has 0 aliphatic carbocycles. The SMILES string of the molecule is O=C(Nc1ccccc1CN1CCSCC1)[C@@H]1COCCO1. The molecule has 120 valence electrons. The molecule has 1 aromatic rings. The molecule has 1 amide bonds. The summed E-state index contributed by atoms with van der Waals surface area (Å²) in [5.74, 6) is 2.24. The summed E-state index contributed by atoms with van der Waals surface area (Å²) in [5, 5.41) is 2.99. The predicted octanol–water partition coefficient (Wildman–Crippen LogP) is 1.59. The second kappa shape index (κ2) is 7.97. The Morgan fingerprint density at radius 1 is 1.27 bits per heavy atom. The molecule has 0 unspecified atom stereocenters. The van der Waals surface area contributed by atoms with Gasteiger partial charge < -0.3 is 14.8 Å². The molecule has 0 aromatic heterocycles. The Morgan fingerprint density at radius 2 is 2.09 bits per heavy atom. The third-order valence-corrected chi connectivity index (χ3v) is 4.82. The van der Waals surface area contributed by atoms with Gasteiger partial charge in [-0.05, 0) is 11.6 Å². The van der Waals surface area contributed by atoms with Crippen LogP contribution in [0.2, 0.25) is 0 Å². The average Bonchev–Trinajstić information content (AvgIpc) is 2.58. The summed E-state index contributed by atoms with van der Waals surface area (Å²) in [6.45, 7) is 4.45. The Balaban J connectivity index is 1.63. The van der Waals surface area contributed by atoms with Crippen LogP contribution in [-0.4, -0.2) is 61.3 Å². The standard InChI is InChI=1S/C16H22N2O3S/c19-16(15-12-20-7-8-21-15)17-14-4-2-1-3-13(14)11-18-5-9-22-10-6-18/h1-4,15H,5-12H2,(H,17,19)/t15-/m0/s1. The lowest BCUT2D eigenvalue weighted by Crippen LogP contribution is -2.39. The van der Waals surface area contributed by atoms with Crippen molar-refractivity contribution in [2.24, 2.45) is 0 Å². The van der Waals surface area contributed by atoms with Crippen molar-refractivity contribution >= 4 is 23.4 Å². The fraction of sp³-hybridized carbons (Fsp3) is 0.562. The van der Waals surface area contributed by atoms with Crippen LogP contribution in [0, 0.1) is 0 Å². The Bertz CT molecular complexity index is 500. The van der Waals surface area contributed by atoms with Crippen molar-refractivity contribution in [2.75, 3.05) is 49.7 Å². The molecular weight excluding hydrogens is 300 g/mol. The molecule has 0 saturated carbocycles. The number of carbonyl (C=O) groups excluding carboxylic acids is 1. The summed E-state index contributed by atoms with van der Waals surface area (Å²) in [4.78, 5) is 14.7. The van der Waals surface area contributed by atoms with Crippen LogP contribution in [0.4, 0.5) is 5.69 Å². The Labute approximate surface area is 135 Å². The number of nitrogens with zero attached hydrogens (tertiary/aromatic N) is 1. The monoisotopic (exact) mass is 322 g/mol. The number of benzene rings is 1. The summed E-state index contributed by atoms with van der Waals surface area (Å²) in [7, 11) is 0. The van der Waals surface area contributed by atoms with Crippen molar-refractivity contribution < 1.29 is 14.3 Å². The summed E-state index contributed by atoms with van der Waals surface area (Å²) in [5.41, 5.74) is 2.03. The van der Waals surface area contributed by atoms with Gasteiger partial charge in [0.1, 0.15) is 0 Å². The molecule has 1 aromatic carbocycles. The third-order valence-electron chi connectivity index (χ3n) is 3.88. The maximum absolute atomic E-state index is 12.3. The minimum absolute atomic E-state index is 0.124. The molecular formula is C16H22N2O3S. The normalized spacial score (nSPS) is 23.2. The lowest BCUT2D eigenvalue weighted by Gasteiger charge is -2.27. The smallest absolute Gasteiger partial charge is 0.255 e. The summed E-state index contributed by atoms with van der Waals surface area (Å²) < 4.78 is 10.7. The molecule has 6 heteroatoms. The highest BCUT2D eigenvalue weighted by molar-refractivity contribution is 7.99. The zero-order chi connectivity index (χ0) is 15.2. The number of ether oxygens (including phenoxy) is 2. The fourth-order valence-electron chi connectivity index (χ4n) is 2.63. The zero-order valence-corrected chi connectivity index (χ0v) is 13.4. The van der Waals surface area contributed by atoms with Crippen molar-refractivity contribution in [1.82, 2.24) is 4.90 Å². The molecule has 0 spiro atoms. The van der Waals surface area contributed by atoms with E-state index in [9.17, 15) is 4.79 Å². The van der Waals surface area contributed by atoms with Crippen LogP contribution in [0.3, 0.4) is 0 Å². The minimum atomic E-state index is -0.506. The molecule has 0 radical (unpaired) electrons. The summed E-state index contributed by atoms with van der Waals surface area (Å²) in [6, 6.07) is 8.00. The van der Waals surface area contributed by atoms with E-state index in [0.717, 1.165) is 30.9 Å². The molecule has 1 atom stereocenters. The lowest BCUT2D eigenvalue weighted by atomic mass is 10.1. The van der Waals surface area contributed by atoms with Gasteiger partial charge in [-0.3, -0.25) is 9.69 Å². The number of hydrogen-bond acceptors (Lipinski definition) is 5. The number of carbonyl (C=O) groups is 1.